The fourth-order valence-electron chi connectivity index (χ4n) is 5.76. The number of aryl methyl sites for hydroxylation is 1. The lowest BCUT2D eigenvalue weighted by molar-refractivity contribution is -0.111. The summed E-state index contributed by atoms with van der Waals surface area (Å²) in [7, 11) is 0. The summed E-state index contributed by atoms with van der Waals surface area (Å²) in [5.41, 5.74) is 5.46. The number of nitrogens with one attached hydrogen (secondary N) is 2. The Morgan fingerprint density at radius 2 is 2.09 bits per heavy atom. The molecule has 1 amide bonds. The lowest BCUT2D eigenvalue weighted by Crippen LogP contribution is -2.43. The molecule has 0 bridgehead atoms. The number of aromatic nitrogens is 4. The van der Waals surface area contributed by atoms with Gasteiger partial charge in [-0.15, -0.1) is 0 Å². The fourth-order valence-corrected chi connectivity index (χ4v) is 5.76. The van der Waals surface area contributed by atoms with Gasteiger partial charge in [-0.2, -0.15) is 10.4 Å². The van der Waals surface area contributed by atoms with Gasteiger partial charge in [-0.05, 0) is 56.7 Å². The number of hydrogen-bond acceptors (Lipinski definition) is 9. The highest BCUT2D eigenvalue weighted by atomic mass is 16.5. The van der Waals surface area contributed by atoms with Gasteiger partial charge in [-0.1, -0.05) is 19.1 Å². The molecule has 0 saturated carbocycles. The first-order valence-corrected chi connectivity index (χ1v) is 15.9. The van der Waals surface area contributed by atoms with Crippen molar-refractivity contribution in [3.8, 4) is 11.8 Å². The number of rotatable bonds is 11. The molecule has 47 heavy (non-hydrogen) atoms. The third-order valence-electron chi connectivity index (χ3n) is 8.15. The Labute approximate surface area is 273 Å². The van der Waals surface area contributed by atoms with Gasteiger partial charge in [0.05, 0.1) is 65.7 Å². The second kappa shape index (κ2) is 14.4. The molecule has 240 valence electrons. The van der Waals surface area contributed by atoms with Crippen LogP contribution in [0, 0.1) is 11.3 Å². The van der Waals surface area contributed by atoms with Crippen LogP contribution in [0.2, 0.25) is 0 Å². The topological polar surface area (TPSA) is 130 Å². The van der Waals surface area contributed by atoms with Crippen LogP contribution in [0.4, 0.5) is 17.1 Å². The predicted octanol–water partition coefficient (Wildman–Crippen LogP) is 5.82. The van der Waals surface area contributed by atoms with Gasteiger partial charge in [0, 0.05) is 60.1 Å². The summed E-state index contributed by atoms with van der Waals surface area (Å²) in [6.07, 6.45) is 7.74. The minimum atomic E-state index is -0.271. The van der Waals surface area contributed by atoms with Crippen LogP contribution in [0.3, 0.4) is 0 Å². The molecule has 2 N–H and O–H groups in total. The monoisotopic (exact) mass is 630 g/mol. The number of pyridine rings is 2. The van der Waals surface area contributed by atoms with E-state index in [2.05, 4.69) is 33.5 Å². The second-order valence-corrected chi connectivity index (χ2v) is 11.4. The first-order chi connectivity index (χ1) is 22.9. The van der Waals surface area contributed by atoms with Gasteiger partial charge < -0.3 is 20.1 Å². The van der Waals surface area contributed by atoms with Crippen LogP contribution in [0.1, 0.15) is 37.7 Å². The van der Waals surface area contributed by atoms with Crippen LogP contribution in [-0.4, -0.2) is 69.5 Å². The first-order valence-electron chi connectivity index (χ1n) is 15.9. The van der Waals surface area contributed by atoms with Gasteiger partial charge >= 0.3 is 0 Å². The number of nitrogens with zero attached hydrogens (tertiary/aromatic N) is 6. The number of amides is 1. The highest BCUT2D eigenvalue weighted by Gasteiger charge is 2.20. The van der Waals surface area contributed by atoms with Crippen molar-refractivity contribution in [2.45, 2.75) is 39.8 Å². The Morgan fingerprint density at radius 3 is 2.85 bits per heavy atom. The molecule has 0 spiro atoms. The maximum absolute atomic E-state index is 13.1. The van der Waals surface area contributed by atoms with Crippen LogP contribution < -0.4 is 15.4 Å². The van der Waals surface area contributed by atoms with E-state index < -0.39 is 0 Å². The molecule has 1 fully saturated rings. The largest absolute Gasteiger partial charge is 0.492 e. The summed E-state index contributed by atoms with van der Waals surface area (Å²) in [6, 6.07) is 18.0. The molecule has 1 aliphatic heterocycles. The van der Waals surface area contributed by atoms with Gasteiger partial charge in [-0.25, -0.2) is 0 Å². The smallest absolute Gasteiger partial charge is 0.248 e. The Morgan fingerprint density at radius 1 is 1.19 bits per heavy atom. The lowest BCUT2D eigenvalue weighted by atomic mass is 10.0. The molecule has 11 heteroatoms. The standard InChI is InChI=1S/C36H38N8O3/c1-4-30-29(20-37)36(39-26-11-12-31-25(17-26)21-44(42-31)22-27-9-6-7-13-38-27)28-18-33(34(47-5-2)19-32(28)40-30)41-35(45)10-8-14-43-15-16-46-23-24(43)3/h6-13,17-19,21,24H,4-5,14-16,22-23H2,1-3H3,(H,39,40)(H,41,45)/b10-8+/t24-/m1/s1. The van der Waals surface area contributed by atoms with E-state index in [1.165, 1.54) is 0 Å². The summed E-state index contributed by atoms with van der Waals surface area (Å²) in [6.45, 7) is 9.82. The number of anilines is 3. The van der Waals surface area contributed by atoms with Crippen molar-refractivity contribution >= 4 is 44.8 Å². The predicted molar refractivity (Wildman–Crippen MR) is 183 cm³/mol. The van der Waals surface area contributed by atoms with E-state index in [1.807, 2.05) is 79.3 Å². The van der Waals surface area contributed by atoms with Crippen LogP contribution in [-0.2, 0) is 22.5 Å². The van der Waals surface area contributed by atoms with E-state index in [1.54, 1.807) is 12.3 Å². The summed E-state index contributed by atoms with van der Waals surface area (Å²) in [5, 5.41) is 23.1. The quantitative estimate of drug-likeness (QED) is 0.173. The van der Waals surface area contributed by atoms with Crippen molar-refractivity contribution in [3.63, 3.8) is 0 Å². The molecule has 2 aromatic carbocycles. The zero-order valence-electron chi connectivity index (χ0n) is 26.9. The van der Waals surface area contributed by atoms with Gasteiger partial charge in [0.15, 0.2) is 0 Å². The first kappa shape index (κ1) is 31.7. The zero-order chi connectivity index (χ0) is 32.8. The van der Waals surface area contributed by atoms with Crippen molar-refractivity contribution in [3.05, 3.63) is 90.0 Å². The average Bonchev–Trinajstić information content (AvgIpc) is 3.48. The number of ether oxygens (including phenoxy) is 2. The molecular formula is C36H38N8O3. The SMILES string of the molecule is CCOc1cc2nc(CC)c(C#N)c(Nc3ccc4nn(Cc5ccccn5)cc4c3)c2cc1NC(=O)/C=C/CN1CCOC[C@H]1C. The third-order valence-corrected chi connectivity index (χ3v) is 8.15. The Bertz CT molecular complexity index is 1960. The summed E-state index contributed by atoms with van der Waals surface area (Å²) in [4.78, 5) is 24.6. The summed E-state index contributed by atoms with van der Waals surface area (Å²) >= 11 is 0. The minimum Gasteiger partial charge on any atom is -0.492 e. The molecular weight excluding hydrogens is 592 g/mol. The van der Waals surface area contributed by atoms with E-state index >= 15 is 0 Å². The number of fused-ring (bicyclic) bond motifs is 2. The lowest BCUT2D eigenvalue weighted by Gasteiger charge is -2.32. The van der Waals surface area contributed by atoms with Gasteiger partial charge in [0.2, 0.25) is 5.91 Å². The van der Waals surface area contributed by atoms with Crippen LogP contribution >= 0.6 is 0 Å². The molecule has 6 rings (SSSR count). The molecule has 1 aliphatic rings. The zero-order valence-corrected chi connectivity index (χ0v) is 26.9. The molecule has 0 aliphatic carbocycles. The second-order valence-electron chi connectivity index (χ2n) is 11.4. The third kappa shape index (κ3) is 7.25. The number of hydrogen-bond donors (Lipinski definition) is 2. The highest BCUT2D eigenvalue weighted by molar-refractivity contribution is 6.05. The van der Waals surface area contributed by atoms with E-state index in [-0.39, 0.29) is 5.91 Å². The molecule has 3 aromatic heterocycles. The Balaban J connectivity index is 1.32. The maximum Gasteiger partial charge on any atom is 0.248 e. The van der Waals surface area contributed by atoms with Gasteiger partial charge in [-0.3, -0.25) is 24.3 Å². The molecule has 0 radical (unpaired) electrons. The van der Waals surface area contributed by atoms with E-state index in [4.69, 9.17) is 19.6 Å². The summed E-state index contributed by atoms with van der Waals surface area (Å²) in [5.74, 6) is 0.239. The van der Waals surface area contributed by atoms with Crippen LogP contribution in [0.25, 0.3) is 21.8 Å². The maximum atomic E-state index is 13.1. The van der Waals surface area contributed by atoms with Crippen molar-refractivity contribution in [1.29, 1.82) is 5.26 Å². The summed E-state index contributed by atoms with van der Waals surface area (Å²) < 4.78 is 13.3. The van der Waals surface area contributed by atoms with E-state index in [0.717, 1.165) is 28.8 Å². The number of benzene rings is 2. The molecule has 0 unspecified atom stereocenters. The Hall–Kier alpha value is -5.31. The Kier molecular flexibility index (Phi) is 9.71. The number of carbonyl (C=O) groups is 1. The average molecular weight is 631 g/mol. The molecule has 5 aromatic rings. The normalized spacial score (nSPS) is 15.2. The van der Waals surface area contributed by atoms with Crippen molar-refractivity contribution in [1.82, 2.24) is 24.6 Å². The van der Waals surface area contributed by atoms with Crippen LogP contribution in [0.15, 0.2) is 73.1 Å². The van der Waals surface area contributed by atoms with Crippen molar-refractivity contribution in [2.75, 3.05) is 43.5 Å². The number of nitriles is 1. The van der Waals surface area contributed by atoms with Crippen LogP contribution in [0.5, 0.6) is 5.75 Å². The number of carbonyl (C=O) groups excluding carboxylic acids is 1. The molecule has 1 atom stereocenters. The van der Waals surface area contributed by atoms with E-state index in [0.29, 0.717) is 84.7 Å². The fraction of sp³-hybridized carbons (Fsp3) is 0.306. The van der Waals surface area contributed by atoms with Gasteiger partial charge in [0.1, 0.15) is 11.8 Å². The minimum absolute atomic E-state index is 0.271. The molecule has 4 heterocycles. The highest BCUT2D eigenvalue weighted by Crippen LogP contribution is 2.38. The molecule has 11 nitrogen and oxygen atoms in total. The molecule has 1 saturated heterocycles. The van der Waals surface area contributed by atoms with Gasteiger partial charge in [0.25, 0.3) is 0 Å². The number of morpholine rings is 1. The van der Waals surface area contributed by atoms with Crippen molar-refractivity contribution in [2.24, 2.45) is 0 Å². The van der Waals surface area contributed by atoms with E-state index in [9.17, 15) is 10.1 Å². The van der Waals surface area contributed by atoms with Crippen molar-refractivity contribution < 1.29 is 14.3 Å².